The quantitative estimate of drug-likeness (QED) is 0.848. The number of aromatic nitrogens is 1. The van der Waals surface area contributed by atoms with Gasteiger partial charge in [-0.15, -0.1) is 0 Å². The van der Waals surface area contributed by atoms with Gasteiger partial charge < -0.3 is 10.6 Å². The molecule has 0 spiro atoms. The lowest BCUT2D eigenvalue weighted by molar-refractivity contribution is 0.0948. The van der Waals surface area contributed by atoms with Crippen LogP contribution in [0.3, 0.4) is 0 Å². The summed E-state index contributed by atoms with van der Waals surface area (Å²) in [6, 6.07) is 1.79. The summed E-state index contributed by atoms with van der Waals surface area (Å²) in [7, 11) is 0. The molecule has 0 aliphatic carbocycles. The summed E-state index contributed by atoms with van der Waals surface area (Å²) in [5, 5.41) is 6.03. The highest BCUT2D eigenvalue weighted by Crippen LogP contribution is 2.18. The minimum Gasteiger partial charge on any atom is -0.370 e. The lowest BCUT2D eigenvalue weighted by Gasteiger charge is -2.13. The van der Waals surface area contributed by atoms with Gasteiger partial charge >= 0.3 is 0 Å². The first kappa shape index (κ1) is 15.0. The molecule has 1 amide bonds. The Morgan fingerprint density at radius 2 is 2.22 bits per heavy atom. The van der Waals surface area contributed by atoms with Crippen molar-refractivity contribution in [1.29, 1.82) is 0 Å². The Morgan fingerprint density at radius 3 is 2.83 bits per heavy atom. The van der Waals surface area contributed by atoms with Crippen molar-refractivity contribution in [2.75, 3.05) is 18.4 Å². The van der Waals surface area contributed by atoms with Crippen LogP contribution in [0.2, 0.25) is 0 Å². The van der Waals surface area contributed by atoms with E-state index in [1.807, 2.05) is 6.92 Å². The number of carbonyl (C=O) groups excluding carboxylic acids is 1. The van der Waals surface area contributed by atoms with E-state index >= 15 is 0 Å². The van der Waals surface area contributed by atoms with Gasteiger partial charge in [0.15, 0.2) is 0 Å². The van der Waals surface area contributed by atoms with Crippen molar-refractivity contribution in [2.24, 2.45) is 5.92 Å². The van der Waals surface area contributed by atoms with Crippen LogP contribution in [0.15, 0.2) is 16.7 Å². The molecule has 1 aromatic heterocycles. The lowest BCUT2D eigenvalue weighted by atomic mass is 10.1. The van der Waals surface area contributed by atoms with Gasteiger partial charge in [-0.3, -0.25) is 4.79 Å². The second-order valence-electron chi connectivity index (χ2n) is 4.30. The van der Waals surface area contributed by atoms with Crippen molar-refractivity contribution in [2.45, 2.75) is 27.2 Å². The maximum atomic E-state index is 12.1. The fraction of sp³-hybridized carbons (Fsp3) is 0.538. The van der Waals surface area contributed by atoms with Gasteiger partial charge in [0.2, 0.25) is 0 Å². The summed E-state index contributed by atoms with van der Waals surface area (Å²) < 4.78 is 0.804. The minimum absolute atomic E-state index is 0.0833. The average molecular weight is 314 g/mol. The summed E-state index contributed by atoms with van der Waals surface area (Å²) in [6.45, 7) is 7.63. The molecule has 0 fully saturated rings. The molecule has 0 aliphatic heterocycles. The Morgan fingerprint density at radius 1 is 1.50 bits per heavy atom. The molecule has 4 nitrogen and oxygen atoms in total. The number of anilines is 1. The predicted molar refractivity (Wildman–Crippen MR) is 77.9 cm³/mol. The van der Waals surface area contributed by atoms with Crippen molar-refractivity contribution in [3.63, 3.8) is 0 Å². The molecule has 18 heavy (non-hydrogen) atoms. The highest BCUT2D eigenvalue weighted by Gasteiger charge is 2.13. The van der Waals surface area contributed by atoms with Crippen LogP contribution in [-0.4, -0.2) is 24.0 Å². The van der Waals surface area contributed by atoms with Crippen LogP contribution in [-0.2, 0) is 0 Å². The van der Waals surface area contributed by atoms with E-state index in [2.05, 4.69) is 45.4 Å². The molecule has 0 bridgehead atoms. The lowest BCUT2D eigenvalue weighted by Crippen LogP contribution is -2.29. The molecule has 100 valence electrons. The fourth-order valence-corrected chi connectivity index (χ4v) is 1.76. The van der Waals surface area contributed by atoms with E-state index in [1.165, 1.54) is 0 Å². The van der Waals surface area contributed by atoms with Crippen LogP contribution in [0.4, 0.5) is 5.82 Å². The van der Waals surface area contributed by atoms with Gasteiger partial charge in [0.1, 0.15) is 5.82 Å². The van der Waals surface area contributed by atoms with Gasteiger partial charge in [-0.2, -0.15) is 0 Å². The molecule has 1 heterocycles. The molecule has 0 radical (unpaired) electrons. The Labute approximate surface area is 117 Å². The molecule has 1 unspecified atom stereocenters. The molecule has 1 atom stereocenters. The predicted octanol–water partition coefficient (Wildman–Crippen LogP) is 3.05. The van der Waals surface area contributed by atoms with E-state index in [9.17, 15) is 4.79 Å². The number of pyridine rings is 1. The van der Waals surface area contributed by atoms with E-state index in [4.69, 9.17) is 0 Å². The summed E-state index contributed by atoms with van der Waals surface area (Å²) in [4.78, 5) is 16.3. The van der Waals surface area contributed by atoms with Crippen molar-refractivity contribution in [3.8, 4) is 0 Å². The van der Waals surface area contributed by atoms with Crippen molar-refractivity contribution in [3.05, 3.63) is 22.3 Å². The second kappa shape index (κ2) is 7.36. The van der Waals surface area contributed by atoms with Crippen LogP contribution >= 0.6 is 15.9 Å². The van der Waals surface area contributed by atoms with Crippen LogP contribution in [0.25, 0.3) is 0 Å². The van der Waals surface area contributed by atoms with Crippen LogP contribution in [0.1, 0.15) is 37.6 Å². The van der Waals surface area contributed by atoms with Crippen LogP contribution < -0.4 is 10.6 Å². The monoisotopic (exact) mass is 313 g/mol. The standard InChI is InChI=1S/C13H20BrN3O/c1-4-9(3)7-17-13(18)11-6-10(14)8-16-12(11)15-5-2/h6,8-9H,4-5,7H2,1-3H3,(H,15,16)(H,17,18). The van der Waals surface area contributed by atoms with Gasteiger partial charge in [-0.05, 0) is 34.8 Å². The average Bonchev–Trinajstić information content (AvgIpc) is 2.37. The molecule has 1 rings (SSSR count). The Kier molecular flexibility index (Phi) is 6.12. The van der Waals surface area contributed by atoms with Gasteiger partial charge in [-0.1, -0.05) is 20.3 Å². The molecule has 0 saturated heterocycles. The van der Waals surface area contributed by atoms with Crippen molar-refractivity contribution in [1.82, 2.24) is 10.3 Å². The SMILES string of the molecule is CCNc1ncc(Br)cc1C(=O)NCC(C)CC. The van der Waals surface area contributed by atoms with Gasteiger partial charge in [0, 0.05) is 23.8 Å². The summed E-state index contributed by atoms with van der Waals surface area (Å²) in [5.74, 6) is 1.03. The van der Waals surface area contributed by atoms with Crippen molar-refractivity contribution < 1.29 is 4.79 Å². The smallest absolute Gasteiger partial charge is 0.255 e. The second-order valence-corrected chi connectivity index (χ2v) is 5.22. The van der Waals surface area contributed by atoms with E-state index in [0.717, 1.165) is 17.4 Å². The zero-order valence-electron chi connectivity index (χ0n) is 11.1. The number of halogens is 1. The number of rotatable bonds is 6. The Hall–Kier alpha value is -1.10. The molecule has 1 aromatic rings. The molecular formula is C13H20BrN3O. The number of hydrogen-bond donors (Lipinski definition) is 2. The first-order valence-electron chi connectivity index (χ1n) is 6.26. The Bertz CT molecular complexity index is 409. The number of amides is 1. The molecular weight excluding hydrogens is 294 g/mol. The number of hydrogen-bond acceptors (Lipinski definition) is 3. The van der Waals surface area contributed by atoms with Gasteiger partial charge in [-0.25, -0.2) is 4.98 Å². The summed E-state index contributed by atoms with van der Waals surface area (Å²) in [5.41, 5.74) is 0.578. The summed E-state index contributed by atoms with van der Waals surface area (Å²) >= 11 is 3.34. The third kappa shape index (κ3) is 4.29. The molecule has 0 saturated carbocycles. The highest BCUT2D eigenvalue weighted by molar-refractivity contribution is 9.10. The largest absolute Gasteiger partial charge is 0.370 e. The molecule has 5 heteroatoms. The maximum Gasteiger partial charge on any atom is 0.255 e. The highest BCUT2D eigenvalue weighted by atomic mass is 79.9. The third-order valence-electron chi connectivity index (χ3n) is 2.75. The minimum atomic E-state index is -0.0833. The number of nitrogens with zero attached hydrogens (tertiary/aromatic N) is 1. The first-order chi connectivity index (χ1) is 8.58. The first-order valence-corrected chi connectivity index (χ1v) is 7.05. The molecule has 0 aromatic carbocycles. The summed E-state index contributed by atoms with van der Waals surface area (Å²) in [6.07, 6.45) is 2.74. The van der Waals surface area contributed by atoms with Gasteiger partial charge in [0.25, 0.3) is 5.91 Å². The molecule has 2 N–H and O–H groups in total. The van der Waals surface area contributed by atoms with Crippen LogP contribution in [0, 0.1) is 5.92 Å². The van der Waals surface area contributed by atoms with E-state index < -0.39 is 0 Å². The fourth-order valence-electron chi connectivity index (χ4n) is 1.43. The third-order valence-corrected chi connectivity index (χ3v) is 3.18. The zero-order chi connectivity index (χ0) is 13.5. The van der Waals surface area contributed by atoms with Crippen LogP contribution in [0.5, 0.6) is 0 Å². The molecule has 0 aliphatic rings. The number of nitrogens with one attached hydrogen (secondary N) is 2. The number of carbonyl (C=O) groups is 1. The van der Waals surface area contributed by atoms with E-state index in [1.54, 1.807) is 12.3 Å². The van der Waals surface area contributed by atoms with Crippen molar-refractivity contribution >= 4 is 27.7 Å². The topological polar surface area (TPSA) is 54.0 Å². The van der Waals surface area contributed by atoms with E-state index in [0.29, 0.717) is 23.8 Å². The van der Waals surface area contributed by atoms with E-state index in [-0.39, 0.29) is 5.91 Å². The zero-order valence-corrected chi connectivity index (χ0v) is 12.7. The normalized spacial score (nSPS) is 12.0. The Balaban J connectivity index is 2.79. The maximum absolute atomic E-state index is 12.1. The van der Waals surface area contributed by atoms with Gasteiger partial charge in [0.05, 0.1) is 5.56 Å².